The Morgan fingerprint density at radius 1 is 1.35 bits per heavy atom. The van der Waals surface area contributed by atoms with E-state index in [1.807, 2.05) is 6.07 Å². The average molecular weight is 248 g/mol. The monoisotopic (exact) mass is 247 g/mol. The molecule has 1 N–H and O–H groups in total. The molecule has 5 heteroatoms. The number of anilines is 2. The molecule has 1 heterocycles. The second-order valence-corrected chi connectivity index (χ2v) is 3.65. The first-order chi connectivity index (χ1) is 8.20. The van der Waals surface area contributed by atoms with Gasteiger partial charge in [0, 0.05) is 11.9 Å². The van der Waals surface area contributed by atoms with E-state index >= 15 is 0 Å². The van der Waals surface area contributed by atoms with Crippen LogP contribution in [0.2, 0.25) is 5.15 Å². The molecule has 84 valence electrons. The summed E-state index contributed by atoms with van der Waals surface area (Å²) in [6.07, 6.45) is 1.52. The highest BCUT2D eigenvalue weighted by Gasteiger charge is 2.07. The molecule has 1 aromatic heterocycles. The number of hydrogen-bond donors (Lipinski definition) is 1. The Kier molecular flexibility index (Phi) is 3.22. The number of rotatable bonds is 2. The van der Waals surface area contributed by atoms with Crippen LogP contribution in [0.25, 0.3) is 0 Å². The summed E-state index contributed by atoms with van der Waals surface area (Å²) in [4.78, 5) is 3.83. The first-order valence-electron chi connectivity index (χ1n) is 4.78. The van der Waals surface area contributed by atoms with E-state index in [4.69, 9.17) is 16.9 Å². The Morgan fingerprint density at radius 2 is 2.18 bits per heavy atom. The Morgan fingerprint density at radius 3 is 2.88 bits per heavy atom. The van der Waals surface area contributed by atoms with Crippen molar-refractivity contribution < 1.29 is 4.39 Å². The molecule has 0 amide bonds. The zero-order valence-electron chi connectivity index (χ0n) is 8.61. The molecule has 17 heavy (non-hydrogen) atoms. The van der Waals surface area contributed by atoms with E-state index in [1.54, 1.807) is 18.2 Å². The number of benzene rings is 1. The number of aromatic nitrogens is 1. The molecule has 0 bridgehead atoms. The summed E-state index contributed by atoms with van der Waals surface area (Å²) in [5, 5.41) is 12.1. The van der Waals surface area contributed by atoms with Crippen LogP contribution >= 0.6 is 11.6 Å². The Labute approximate surface area is 102 Å². The van der Waals surface area contributed by atoms with Crippen molar-refractivity contribution in [3.05, 3.63) is 53.1 Å². The van der Waals surface area contributed by atoms with E-state index in [9.17, 15) is 4.39 Å². The molecule has 1 aromatic carbocycles. The molecule has 0 unspecified atom stereocenters. The van der Waals surface area contributed by atoms with Crippen LogP contribution in [0.1, 0.15) is 5.56 Å². The quantitative estimate of drug-likeness (QED) is 0.827. The van der Waals surface area contributed by atoms with Gasteiger partial charge < -0.3 is 5.32 Å². The van der Waals surface area contributed by atoms with Crippen molar-refractivity contribution in [1.82, 2.24) is 4.98 Å². The Hall–Kier alpha value is -2.12. The summed E-state index contributed by atoms with van der Waals surface area (Å²) in [6, 6.07) is 9.47. The molecule has 2 aromatic rings. The maximum Gasteiger partial charge on any atom is 0.143 e. The standard InChI is InChI=1S/C12H7ClFN3/c13-12-6-8(4-5-16-12)17-11-3-1-2-10(14)9(11)7-15/h1-6H,(H,16,17). The third-order valence-corrected chi connectivity index (χ3v) is 2.34. The molecule has 2 rings (SSSR count). The van der Waals surface area contributed by atoms with Gasteiger partial charge in [0.25, 0.3) is 0 Å². The first-order valence-corrected chi connectivity index (χ1v) is 5.15. The molecule has 0 radical (unpaired) electrons. The number of nitriles is 1. The molecule has 0 spiro atoms. The molecule has 0 atom stereocenters. The Bertz CT molecular complexity index is 593. The maximum absolute atomic E-state index is 13.3. The predicted molar refractivity (Wildman–Crippen MR) is 63.6 cm³/mol. The summed E-state index contributed by atoms with van der Waals surface area (Å²) in [5.74, 6) is -0.558. The van der Waals surface area contributed by atoms with E-state index in [0.717, 1.165) is 0 Å². The van der Waals surface area contributed by atoms with Crippen LogP contribution in [0.5, 0.6) is 0 Å². The van der Waals surface area contributed by atoms with Gasteiger partial charge in [-0.05, 0) is 24.3 Å². The van der Waals surface area contributed by atoms with Crippen molar-refractivity contribution in [3.8, 4) is 6.07 Å². The van der Waals surface area contributed by atoms with E-state index in [1.165, 1.54) is 18.3 Å². The van der Waals surface area contributed by atoms with Gasteiger partial charge in [-0.25, -0.2) is 9.37 Å². The number of halogens is 2. The van der Waals surface area contributed by atoms with Gasteiger partial charge >= 0.3 is 0 Å². The zero-order chi connectivity index (χ0) is 12.3. The molecule has 0 fully saturated rings. The normalized spacial score (nSPS) is 9.71. The van der Waals surface area contributed by atoms with Crippen LogP contribution in [-0.4, -0.2) is 4.98 Å². The van der Waals surface area contributed by atoms with Gasteiger partial charge in [-0.2, -0.15) is 5.26 Å². The van der Waals surface area contributed by atoms with Crippen molar-refractivity contribution in [1.29, 1.82) is 5.26 Å². The lowest BCUT2D eigenvalue weighted by Gasteiger charge is -2.08. The molecule has 0 saturated heterocycles. The van der Waals surface area contributed by atoms with E-state index in [2.05, 4.69) is 10.3 Å². The van der Waals surface area contributed by atoms with Crippen molar-refractivity contribution in [3.63, 3.8) is 0 Å². The molecule has 0 aliphatic rings. The van der Waals surface area contributed by atoms with Crippen LogP contribution in [0.3, 0.4) is 0 Å². The number of hydrogen-bond acceptors (Lipinski definition) is 3. The fourth-order valence-electron chi connectivity index (χ4n) is 1.38. The minimum Gasteiger partial charge on any atom is -0.354 e. The summed E-state index contributed by atoms with van der Waals surface area (Å²) >= 11 is 5.73. The second kappa shape index (κ2) is 4.81. The minimum atomic E-state index is -0.558. The average Bonchev–Trinajstić information content (AvgIpc) is 2.29. The number of nitrogens with zero attached hydrogens (tertiary/aromatic N) is 2. The minimum absolute atomic E-state index is 0.0274. The third kappa shape index (κ3) is 2.52. The van der Waals surface area contributed by atoms with Crippen molar-refractivity contribution >= 4 is 23.0 Å². The second-order valence-electron chi connectivity index (χ2n) is 3.27. The largest absolute Gasteiger partial charge is 0.354 e. The molecular formula is C12H7ClFN3. The van der Waals surface area contributed by atoms with E-state index in [-0.39, 0.29) is 5.56 Å². The van der Waals surface area contributed by atoms with Crippen molar-refractivity contribution in [2.75, 3.05) is 5.32 Å². The number of pyridine rings is 1. The topological polar surface area (TPSA) is 48.7 Å². The fourth-order valence-corrected chi connectivity index (χ4v) is 1.55. The van der Waals surface area contributed by atoms with Crippen LogP contribution < -0.4 is 5.32 Å². The fraction of sp³-hybridized carbons (Fsp3) is 0. The maximum atomic E-state index is 13.3. The summed E-state index contributed by atoms with van der Waals surface area (Å²) in [6.45, 7) is 0. The Balaban J connectivity index is 2.37. The SMILES string of the molecule is N#Cc1c(F)cccc1Nc1ccnc(Cl)c1. The molecule has 3 nitrogen and oxygen atoms in total. The highest BCUT2D eigenvalue weighted by Crippen LogP contribution is 2.23. The lowest BCUT2D eigenvalue weighted by molar-refractivity contribution is 0.624. The highest BCUT2D eigenvalue weighted by molar-refractivity contribution is 6.29. The van der Waals surface area contributed by atoms with Crippen LogP contribution in [0, 0.1) is 17.1 Å². The van der Waals surface area contributed by atoms with E-state index < -0.39 is 5.82 Å². The molecule has 0 aliphatic heterocycles. The lowest BCUT2D eigenvalue weighted by atomic mass is 10.2. The van der Waals surface area contributed by atoms with Crippen molar-refractivity contribution in [2.45, 2.75) is 0 Å². The summed E-state index contributed by atoms with van der Waals surface area (Å²) < 4.78 is 13.3. The first kappa shape index (κ1) is 11.4. The van der Waals surface area contributed by atoms with Gasteiger partial charge in [0.15, 0.2) is 0 Å². The van der Waals surface area contributed by atoms with Crippen LogP contribution in [0.15, 0.2) is 36.5 Å². The van der Waals surface area contributed by atoms with E-state index in [0.29, 0.717) is 16.5 Å². The third-order valence-electron chi connectivity index (χ3n) is 2.13. The highest BCUT2D eigenvalue weighted by atomic mass is 35.5. The van der Waals surface area contributed by atoms with Gasteiger partial charge in [0.2, 0.25) is 0 Å². The number of nitrogens with one attached hydrogen (secondary N) is 1. The van der Waals surface area contributed by atoms with Gasteiger partial charge in [0.1, 0.15) is 22.6 Å². The van der Waals surface area contributed by atoms with Gasteiger partial charge in [-0.1, -0.05) is 17.7 Å². The van der Waals surface area contributed by atoms with Crippen molar-refractivity contribution in [2.24, 2.45) is 0 Å². The van der Waals surface area contributed by atoms with Crippen LogP contribution in [0.4, 0.5) is 15.8 Å². The molecule has 0 saturated carbocycles. The van der Waals surface area contributed by atoms with Gasteiger partial charge in [-0.3, -0.25) is 0 Å². The lowest BCUT2D eigenvalue weighted by Crippen LogP contribution is -1.96. The van der Waals surface area contributed by atoms with Crippen LogP contribution in [-0.2, 0) is 0 Å². The smallest absolute Gasteiger partial charge is 0.143 e. The van der Waals surface area contributed by atoms with Gasteiger partial charge in [0.05, 0.1) is 5.69 Å². The predicted octanol–water partition coefficient (Wildman–Crippen LogP) is 3.49. The summed E-state index contributed by atoms with van der Waals surface area (Å²) in [5.41, 5.74) is 1.02. The molecular weight excluding hydrogens is 241 g/mol. The molecule has 0 aliphatic carbocycles. The summed E-state index contributed by atoms with van der Waals surface area (Å²) in [7, 11) is 0. The van der Waals surface area contributed by atoms with Gasteiger partial charge in [-0.15, -0.1) is 0 Å². The zero-order valence-corrected chi connectivity index (χ0v) is 9.37.